The van der Waals surface area contributed by atoms with Gasteiger partial charge in [-0.15, -0.1) is 6.42 Å². The highest BCUT2D eigenvalue weighted by Crippen LogP contribution is 2.14. The van der Waals surface area contributed by atoms with E-state index in [0.29, 0.717) is 11.4 Å². The number of terminal acetylenes is 1. The summed E-state index contributed by atoms with van der Waals surface area (Å²) < 4.78 is 5.09. The fraction of sp³-hybridized carbons (Fsp3) is 0.200. The molecule has 1 heterocycles. The third-order valence-electron chi connectivity index (χ3n) is 1.41. The number of aromatic nitrogens is 1. The summed E-state index contributed by atoms with van der Waals surface area (Å²) in [4.78, 5) is 4.04. The average Bonchev–Trinajstić information content (AvgIpc) is 2.15. The maximum atomic E-state index is 8.69. The van der Waals surface area contributed by atoms with Gasteiger partial charge in [-0.05, 0) is 19.1 Å². The first kappa shape index (κ1) is 9.09. The topological polar surface area (TPSA) is 45.9 Å². The molecule has 3 nitrogen and oxygen atoms in total. The molecule has 0 N–H and O–H groups in total. The van der Waals surface area contributed by atoms with Gasteiger partial charge in [-0.25, -0.2) is 4.98 Å². The van der Waals surface area contributed by atoms with Crippen molar-refractivity contribution in [3.05, 3.63) is 23.4 Å². The standard InChI is InChI=1S/C10H8N2O/c1-3-6-13-10-9(7-11)5-4-8(2)12-10/h1,4-5H,6H2,2H3. The van der Waals surface area contributed by atoms with Crippen LogP contribution in [-0.4, -0.2) is 11.6 Å². The Balaban J connectivity index is 2.97. The monoisotopic (exact) mass is 172 g/mol. The van der Waals surface area contributed by atoms with Crippen molar-refractivity contribution < 1.29 is 4.74 Å². The molecule has 0 aliphatic carbocycles. The lowest BCUT2D eigenvalue weighted by molar-refractivity contribution is 0.353. The Kier molecular flexibility index (Phi) is 2.89. The molecule has 0 aliphatic heterocycles. The summed E-state index contributed by atoms with van der Waals surface area (Å²) >= 11 is 0. The molecule has 0 amide bonds. The number of ether oxygens (including phenoxy) is 1. The predicted octanol–water partition coefficient (Wildman–Crippen LogP) is 1.27. The van der Waals surface area contributed by atoms with E-state index in [-0.39, 0.29) is 6.61 Å². The lowest BCUT2D eigenvalue weighted by Gasteiger charge is -2.03. The summed E-state index contributed by atoms with van der Waals surface area (Å²) in [5.74, 6) is 2.62. The Morgan fingerprint density at radius 2 is 2.38 bits per heavy atom. The first-order chi connectivity index (χ1) is 6.27. The van der Waals surface area contributed by atoms with E-state index in [1.807, 2.05) is 13.0 Å². The zero-order valence-electron chi connectivity index (χ0n) is 7.24. The quantitative estimate of drug-likeness (QED) is 0.631. The van der Waals surface area contributed by atoms with E-state index in [2.05, 4.69) is 10.9 Å². The number of rotatable bonds is 2. The molecule has 1 rings (SSSR count). The fourth-order valence-electron chi connectivity index (χ4n) is 0.838. The molecule has 0 unspecified atom stereocenters. The number of hydrogen-bond donors (Lipinski definition) is 0. The van der Waals surface area contributed by atoms with Crippen molar-refractivity contribution >= 4 is 0 Å². The van der Waals surface area contributed by atoms with Crippen LogP contribution in [0.25, 0.3) is 0 Å². The van der Waals surface area contributed by atoms with Crippen molar-refractivity contribution in [2.75, 3.05) is 6.61 Å². The van der Waals surface area contributed by atoms with Crippen LogP contribution < -0.4 is 4.74 Å². The molecular weight excluding hydrogens is 164 g/mol. The molecule has 0 aliphatic rings. The molecular formula is C10H8N2O. The van der Waals surface area contributed by atoms with Crippen LogP contribution in [0.4, 0.5) is 0 Å². The Labute approximate surface area is 77.0 Å². The molecule has 0 radical (unpaired) electrons. The van der Waals surface area contributed by atoms with E-state index in [9.17, 15) is 0 Å². The minimum absolute atomic E-state index is 0.130. The van der Waals surface area contributed by atoms with Crippen LogP contribution >= 0.6 is 0 Å². The van der Waals surface area contributed by atoms with Gasteiger partial charge in [0.1, 0.15) is 11.6 Å². The van der Waals surface area contributed by atoms with E-state index in [1.165, 1.54) is 0 Å². The van der Waals surface area contributed by atoms with Crippen molar-refractivity contribution in [3.8, 4) is 24.3 Å². The van der Waals surface area contributed by atoms with Crippen LogP contribution in [0.5, 0.6) is 5.88 Å². The van der Waals surface area contributed by atoms with Gasteiger partial charge in [-0.3, -0.25) is 0 Å². The first-order valence-electron chi connectivity index (χ1n) is 3.72. The van der Waals surface area contributed by atoms with Gasteiger partial charge in [0.15, 0.2) is 6.61 Å². The molecule has 3 heteroatoms. The zero-order chi connectivity index (χ0) is 9.68. The van der Waals surface area contributed by atoms with E-state index in [1.54, 1.807) is 12.1 Å². The van der Waals surface area contributed by atoms with Crippen molar-refractivity contribution in [3.63, 3.8) is 0 Å². The third-order valence-corrected chi connectivity index (χ3v) is 1.41. The second-order valence-corrected chi connectivity index (χ2v) is 2.41. The average molecular weight is 172 g/mol. The molecule has 0 aromatic carbocycles. The maximum absolute atomic E-state index is 8.69. The minimum Gasteiger partial charge on any atom is -0.464 e. The summed E-state index contributed by atoms with van der Waals surface area (Å²) in [6, 6.07) is 5.39. The first-order valence-corrected chi connectivity index (χ1v) is 3.72. The number of pyridine rings is 1. The second kappa shape index (κ2) is 4.13. The lowest BCUT2D eigenvalue weighted by atomic mass is 10.2. The second-order valence-electron chi connectivity index (χ2n) is 2.41. The van der Waals surface area contributed by atoms with Crippen molar-refractivity contribution in [2.45, 2.75) is 6.92 Å². The van der Waals surface area contributed by atoms with Crippen molar-refractivity contribution in [1.29, 1.82) is 5.26 Å². The highest BCUT2D eigenvalue weighted by atomic mass is 16.5. The van der Waals surface area contributed by atoms with Crippen LogP contribution in [-0.2, 0) is 0 Å². The Hall–Kier alpha value is -2.00. The van der Waals surface area contributed by atoms with Gasteiger partial charge in [0.05, 0.1) is 0 Å². The van der Waals surface area contributed by atoms with Gasteiger partial charge in [0.25, 0.3) is 0 Å². The van der Waals surface area contributed by atoms with Gasteiger partial charge in [-0.2, -0.15) is 5.26 Å². The molecule has 0 fully saturated rings. The molecule has 0 bridgehead atoms. The molecule has 1 aromatic rings. The molecule has 0 atom stereocenters. The Bertz CT molecular complexity index is 385. The lowest BCUT2D eigenvalue weighted by Crippen LogP contribution is -1.99. The van der Waals surface area contributed by atoms with Gasteiger partial charge in [0.2, 0.25) is 5.88 Å². The van der Waals surface area contributed by atoms with E-state index >= 15 is 0 Å². The van der Waals surface area contributed by atoms with Gasteiger partial charge < -0.3 is 4.74 Å². The summed E-state index contributed by atoms with van der Waals surface area (Å²) in [6.45, 7) is 1.95. The van der Waals surface area contributed by atoms with Crippen LogP contribution in [0.2, 0.25) is 0 Å². The van der Waals surface area contributed by atoms with Crippen LogP contribution in [0, 0.1) is 30.6 Å². The third kappa shape index (κ3) is 2.21. The molecule has 64 valence electrons. The number of nitriles is 1. The number of aryl methyl sites for hydroxylation is 1. The van der Waals surface area contributed by atoms with Gasteiger partial charge >= 0.3 is 0 Å². The Morgan fingerprint density at radius 1 is 1.62 bits per heavy atom. The van der Waals surface area contributed by atoms with E-state index in [4.69, 9.17) is 16.4 Å². The predicted molar refractivity (Wildman–Crippen MR) is 48.0 cm³/mol. The number of hydrogen-bond acceptors (Lipinski definition) is 3. The maximum Gasteiger partial charge on any atom is 0.232 e. The van der Waals surface area contributed by atoms with Gasteiger partial charge in [-0.1, -0.05) is 5.92 Å². The minimum atomic E-state index is 0.130. The fourth-order valence-corrected chi connectivity index (χ4v) is 0.838. The summed E-state index contributed by atoms with van der Waals surface area (Å²) in [6.07, 6.45) is 5.02. The van der Waals surface area contributed by atoms with E-state index < -0.39 is 0 Å². The SMILES string of the molecule is C#CCOc1nc(C)ccc1C#N. The highest BCUT2D eigenvalue weighted by molar-refractivity contribution is 5.38. The summed E-state index contributed by atoms with van der Waals surface area (Å²) in [5, 5.41) is 8.69. The van der Waals surface area contributed by atoms with Crippen molar-refractivity contribution in [1.82, 2.24) is 4.98 Å². The zero-order valence-corrected chi connectivity index (χ0v) is 7.24. The summed E-state index contributed by atoms with van der Waals surface area (Å²) in [7, 11) is 0. The van der Waals surface area contributed by atoms with Crippen LogP contribution in [0.1, 0.15) is 11.3 Å². The van der Waals surface area contributed by atoms with E-state index in [0.717, 1.165) is 5.69 Å². The largest absolute Gasteiger partial charge is 0.464 e. The molecule has 0 saturated carbocycles. The Morgan fingerprint density at radius 3 is 3.00 bits per heavy atom. The molecule has 1 aromatic heterocycles. The smallest absolute Gasteiger partial charge is 0.232 e. The highest BCUT2D eigenvalue weighted by Gasteiger charge is 2.03. The van der Waals surface area contributed by atoms with Crippen molar-refractivity contribution in [2.24, 2.45) is 0 Å². The molecule has 13 heavy (non-hydrogen) atoms. The molecule has 0 spiro atoms. The van der Waals surface area contributed by atoms with Gasteiger partial charge in [0, 0.05) is 5.69 Å². The molecule has 0 saturated heterocycles. The van der Waals surface area contributed by atoms with Crippen LogP contribution in [0.15, 0.2) is 12.1 Å². The van der Waals surface area contributed by atoms with Crippen LogP contribution in [0.3, 0.4) is 0 Å². The number of nitrogens with zero attached hydrogens (tertiary/aromatic N) is 2. The summed E-state index contributed by atoms with van der Waals surface area (Å²) in [5.41, 5.74) is 1.20. The normalized spacial score (nSPS) is 8.54.